The molecule has 2 aromatic rings. The molecule has 0 amide bonds. The molecule has 0 aliphatic heterocycles. The van der Waals surface area contributed by atoms with Crippen LogP contribution in [0, 0.1) is 0 Å². The van der Waals surface area contributed by atoms with E-state index < -0.39 is 0 Å². The molecule has 2 heterocycles. The summed E-state index contributed by atoms with van der Waals surface area (Å²) in [6.07, 6.45) is 0. The summed E-state index contributed by atoms with van der Waals surface area (Å²) in [6.45, 7) is 0. The molecular weight excluding hydrogens is 244 g/mol. The number of hydrogen-bond donors (Lipinski definition) is 1. The number of nitrogen functional groups attached to an aromatic ring is 1. The Balaban J connectivity index is 1.99. The molecule has 7 heteroatoms. The van der Waals surface area contributed by atoms with E-state index in [4.69, 9.17) is 10.5 Å². The summed E-state index contributed by atoms with van der Waals surface area (Å²) in [4.78, 5) is 4.30. The number of aromatic nitrogens is 3. The van der Waals surface area contributed by atoms with Crippen LogP contribution in [0.2, 0.25) is 0 Å². The highest BCUT2D eigenvalue weighted by Crippen LogP contribution is 2.26. The van der Waals surface area contributed by atoms with Gasteiger partial charge < -0.3 is 10.5 Å². The van der Waals surface area contributed by atoms with Crippen LogP contribution in [-0.4, -0.2) is 22.3 Å². The molecule has 0 atom stereocenters. The summed E-state index contributed by atoms with van der Waals surface area (Å²) in [7, 11) is 1.60. The Labute approximate surface area is 101 Å². The van der Waals surface area contributed by atoms with Gasteiger partial charge in [-0.05, 0) is 6.07 Å². The first-order valence-corrected chi connectivity index (χ1v) is 6.30. The zero-order valence-corrected chi connectivity index (χ0v) is 10.2. The van der Waals surface area contributed by atoms with Gasteiger partial charge in [-0.25, -0.2) is 4.98 Å². The number of rotatable bonds is 4. The summed E-state index contributed by atoms with van der Waals surface area (Å²) in [5.41, 5.74) is 6.43. The lowest BCUT2D eigenvalue weighted by molar-refractivity contribution is 0.397. The number of thioether (sulfide) groups is 1. The summed E-state index contributed by atoms with van der Waals surface area (Å²) in [6, 6.07) is 5.67. The fourth-order valence-corrected chi connectivity index (χ4v) is 2.61. The Morgan fingerprint density at radius 1 is 1.44 bits per heavy atom. The highest BCUT2D eigenvalue weighted by molar-refractivity contribution is 8.00. The lowest BCUT2D eigenvalue weighted by Crippen LogP contribution is -1.91. The molecule has 0 spiro atoms. The minimum Gasteiger partial charge on any atom is -0.481 e. The second-order valence-electron chi connectivity index (χ2n) is 2.87. The summed E-state index contributed by atoms with van der Waals surface area (Å²) in [5, 5.41) is 8.15. The molecule has 0 saturated heterocycles. The first-order valence-electron chi connectivity index (χ1n) is 4.49. The molecule has 0 aliphatic rings. The largest absolute Gasteiger partial charge is 0.481 e. The third kappa shape index (κ3) is 2.83. The number of anilines is 1. The van der Waals surface area contributed by atoms with E-state index in [-0.39, 0.29) is 0 Å². The van der Waals surface area contributed by atoms with E-state index in [1.165, 1.54) is 11.3 Å². The number of nitrogens with two attached hydrogens (primary N) is 1. The van der Waals surface area contributed by atoms with E-state index in [0.29, 0.717) is 11.0 Å². The number of ether oxygens (including phenoxy) is 1. The van der Waals surface area contributed by atoms with Gasteiger partial charge in [0.15, 0.2) is 4.34 Å². The van der Waals surface area contributed by atoms with Gasteiger partial charge in [0.1, 0.15) is 0 Å². The molecule has 2 N–H and O–H groups in total. The van der Waals surface area contributed by atoms with Crippen molar-refractivity contribution >= 4 is 28.2 Å². The minimum atomic E-state index is 0.487. The molecule has 2 aromatic heterocycles. The van der Waals surface area contributed by atoms with Gasteiger partial charge in [-0.3, -0.25) is 0 Å². The van der Waals surface area contributed by atoms with Crippen molar-refractivity contribution in [3.8, 4) is 5.88 Å². The van der Waals surface area contributed by atoms with Crippen LogP contribution in [0.5, 0.6) is 5.88 Å². The van der Waals surface area contributed by atoms with Crippen LogP contribution in [0.1, 0.15) is 5.69 Å². The smallest absolute Gasteiger partial charge is 0.213 e. The van der Waals surface area contributed by atoms with Gasteiger partial charge in [-0.15, -0.1) is 10.2 Å². The number of hydrogen-bond acceptors (Lipinski definition) is 7. The van der Waals surface area contributed by atoms with E-state index in [2.05, 4.69) is 15.2 Å². The maximum absolute atomic E-state index is 5.49. The Bertz CT molecular complexity index is 474. The van der Waals surface area contributed by atoms with E-state index in [0.717, 1.165) is 15.8 Å². The van der Waals surface area contributed by atoms with Crippen LogP contribution in [0.3, 0.4) is 0 Å². The monoisotopic (exact) mass is 254 g/mol. The zero-order chi connectivity index (χ0) is 11.4. The van der Waals surface area contributed by atoms with Crippen molar-refractivity contribution in [3.63, 3.8) is 0 Å². The highest BCUT2D eigenvalue weighted by Gasteiger charge is 2.03. The van der Waals surface area contributed by atoms with E-state index in [1.807, 2.05) is 18.2 Å². The summed E-state index contributed by atoms with van der Waals surface area (Å²) >= 11 is 2.94. The Kier molecular flexibility index (Phi) is 3.58. The molecule has 0 aliphatic carbocycles. The van der Waals surface area contributed by atoms with Crippen LogP contribution in [0.25, 0.3) is 0 Å². The molecule has 5 nitrogen and oxygen atoms in total. The van der Waals surface area contributed by atoms with Crippen molar-refractivity contribution in [1.82, 2.24) is 15.2 Å². The van der Waals surface area contributed by atoms with Crippen molar-refractivity contribution in [2.45, 2.75) is 10.1 Å². The van der Waals surface area contributed by atoms with Crippen molar-refractivity contribution < 1.29 is 4.74 Å². The quantitative estimate of drug-likeness (QED) is 0.839. The molecule has 0 bridgehead atoms. The first-order chi connectivity index (χ1) is 7.78. The Morgan fingerprint density at radius 3 is 3.00 bits per heavy atom. The van der Waals surface area contributed by atoms with E-state index >= 15 is 0 Å². The predicted molar refractivity (Wildman–Crippen MR) is 64.7 cm³/mol. The molecule has 16 heavy (non-hydrogen) atoms. The average Bonchev–Trinajstić information content (AvgIpc) is 2.73. The van der Waals surface area contributed by atoms with Crippen LogP contribution >= 0.6 is 23.1 Å². The number of methoxy groups -OCH3 is 1. The zero-order valence-electron chi connectivity index (χ0n) is 8.58. The topological polar surface area (TPSA) is 73.9 Å². The van der Waals surface area contributed by atoms with Gasteiger partial charge in [0.05, 0.1) is 12.8 Å². The molecule has 84 valence electrons. The average molecular weight is 254 g/mol. The Hall–Kier alpha value is -1.34. The molecular formula is C9H10N4OS2. The van der Waals surface area contributed by atoms with Gasteiger partial charge >= 0.3 is 0 Å². The minimum absolute atomic E-state index is 0.487. The number of nitrogens with zero attached hydrogens (tertiary/aromatic N) is 3. The standard InChI is InChI=1S/C9H10N4OS2/c1-14-7-4-2-3-6(11-7)5-15-9-13-12-8(10)16-9/h2-4H,5H2,1H3,(H2,10,12). The molecule has 2 rings (SSSR count). The van der Waals surface area contributed by atoms with Gasteiger partial charge in [0.25, 0.3) is 0 Å². The second-order valence-corrected chi connectivity index (χ2v) is 5.10. The third-order valence-electron chi connectivity index (χ3n) is 1.76. The molecule has 0 radical (unpaired) electrons. The molecule has 0 unspecified atom stereocenters. The lowest BCUT2D eigenvalue weighted by atomic mass is 10.4. The highest BCUT2D eigenvalue weighted by atomic mass is 32.2. The van der Waals surface area contributed by atoms with Crippen molar-refractivity contribution in [2.75, 3.05) is 12.8 Å². The maximum Gasteiger partial charge on any atom is 0.213 e. The Morgan fingerprint density at radius 2 is 2.31 bits per heavy atom. The van der Waals surface area contributed by atoms with Crippen LogP contribution < -0.4 is 10.5 Å². The first kappa shape index (κ1) is 11.2. The fraction of sp³-hybridized carbons (Fsp3) is 0.222. The van der Waals surface area contributed by atoms with Gasteiger partial charge in [-0.1, -0.05) is 29.2 Å². The van der Waals surface area contributed by atoms with Crippen LogP contribution in [0.4, 0.5) is 5.13 Å². The second kappa shape index (κ2) is 5.13. The third-order valence-corrected chi connectivity index (χ3v) is 3.68. The molecule has 0 fully saturated rings. The molecule has 0 aromatic carbocycles. The van der Waals surface area contributed by atoms with Crippen molar-refractivity contribution in [1.29, 1.82) is 0 Å². The predicted octanol–water partition coefficient (Wildman–Crippen LogP) is 1.82. The summed E-state index contributed by atoms with van der Waals surface area (Å²) in [5.74, 6) is 1.35. The summed E-state index contributed by atoms with van der Waals surface area (Å²) < 4.78 is 5.89. The number of pyridine rings is 1. The van der Waals surface area contributed by atoms with Crippen molar-refractivity contribution in [2.24, 2.45) is 0 Å². The van der Waals surface area contributed by atoms with E-state index in [9.17, 15) is 0 Å². The van der Waals surface area contributed by atoms with Crippen LogP contribution in [-0.2, 0) is 5.75 Å². The van der Waals surface area contributed by atoms with Crippen molar-refractivity contribution in [3.05, 3.63) is 23.9 Å². The van der Waals surface area contributed by atoms with Gasteiger partial charge in [0, 0.05) is 11.8 Å². The fourth-order valence-electron chi connectivity index (χ4n) is 1.07. The molecule has 0 saturated carbocycles. The van der Waals surface area contributed by atoms with Crippen LogP contribution in [0.15, 0.2) is 22.5 Å². The maximum atomic E-state index is 5.49. The lowest BCUT2D eigenvalue weighted by Gasteiger charge is -2.01. The van der Waals surface area contributed by atoms with Gasteiger partial charge in [0.2, 0.25) is 11.0 Å². The van der Waals surface area contributed by atoms with Gasteiger partial charge in [-0.2, -0.15) is 0 Å². The van der Waals surface area contributed by atoms with E-state index in [1.54, 1.807) is 18.9 Å². The normalized spacial score (nSPS) is 10.3. The SMILES string of the molecule is COc1cccc(CSc2nnc(N)s2)n1.